The smallest absolute Gasteiger partial charge is 0.344 e. The summed E-state index contributed by atoms with van der Waals surface area (Å²) in [5.74, 6) is -0.927. The zero-order valence-electron chi connectivity index (χ0n) is 12.9. The van der Waals surface area contributed by atoms with Gasteiger partial charge in [-0.3, -0.25) is 9.59 Å². The molecule has 4 saturated carbocycles. The Morgan fingerprint density at radius 2 is 1.70 bits per heavy atom. The van der Waals surface area contributed by atoms with E-state index in [4.69, 9.17) is 9.47 Å². The maximum absolute atomic E-state index is 11.8. The third kappa shape index (κ3) is 3.25. The van der Waals surface area contributed by atoms with Crippen LogP contribution in [0.5, 0.6) is 0 Å². The third-order valence-corrected chi connectivity index (χ3v) is 6.09. The summed E-state index contributed by atoms with van der Waals surface area (Å²) in [6, 6.07) is 0. The fraction of sp³-hybridized carbons (Fsp3) is 0.812. The van der Waals surface area contributed by atoms with E-state index in [0.29, 0.717) is 18.3 Å². The van der Waals surface area contributed by atoms with Gasteiger partial charge in [-0.1, -0.05) is 15.9 Å². The van der Waals surface area contributed by atoms with E-state index < -0.39 is 29.9 Å². The van der Waals surface area contributed by atoms with E-state index in [9.17, 15) is 19.5 Å². The number of carbonyl (C=O) groups excluding carboxylic acids is 2. The van der Waals surface area contributed by atoms with Crippen LogP contribution in [0.1, 0.15) is 38.5 Å². The van der Waals surface area contributed by atoms with E-state index in [2.05, 4.69) is 15.9 Å². The summed E-state index contributed by atoms with van der Waals surface area (Å²) in [5, 5.41) is 9.71. The summed E-state index contributed by atoms with van der Waals surface area (Å²) in [7, 11) is 0. The summed E-state index contributed by atoms with van der Waals surface area (Å²) >= 11 is 2.95. The molecule has 0 amide bonds. The summed E-state index contributed by atoms with van der Waals surface area (Å²) in [6.07, 6.45) is 5.10. The number of aliphatic carboxylic acids is 1. The Labute approximate surface area is 143 Å². The maximum Gasteiger partial charge on any atom is 0.344 e. The number of hydrogen-bond acceptors (Lipinski definition) is 5. The molecule has 0 saturated heterocycles. The predicted octanol–water partition coefficient (Wildman–Crippen LogP) is 2.14. The first kappa shape index (κ1) is 16.7. The lowest BCUT2D eigenvalue weighted by Crippen LogP contribution is -2.56. The maximum atomic E-state index is 11.8. The van der Waals surface area contributed by atoms with Gasteiger partial charge in [-0.25, -0.2) is 4.79 Å². The highest BCUT2D eigenvalue weighted by molar-refractivity contribution is 9.09. The summed E-state index contributed by atoms with van der Waals surface area (Å²) in [6.45, 7) is -0.156. The van der Waals surface area contributed by atoms with Crippen molar-refractivity contribution in [2.75, 3.05) is 18.5 Å². The molecule has 4 rings (SSSR count). The molecule has 2 atom stereocenters. The summed E-state index contributed by atoms with van der Waals surface area (Å²) < 4.78 is 10.1. The molecule has 2 unspecified atom stereocenters. The van der Waals surface area contributed by atoms with Crippen LogP contribution in [-0.2, 0) is 23.9 Å². The van der Waals surface area contributed by atoms with Crippen molar-refractivity contribution in [1.82, 2.24) is 0 Å². The molecule has 0 heterocycles. The Balaban J connectivity index is 1.60. The second-order valence-corrected chi connectivity index (χ2v) is 8.06. The Hall–Kier alpha value is -1.11. The van der Waals surface area contributed by atoms with Gasteiger partial charge in [0.2, 0.25) is 0 Å². The Kier molecular flexibility index (Phi) is 4.42. The number of alkyl halides is 1. The van der Waals surface area contributed by atoms with Crippen molar-refractivity contribution in [3.8, 4) is 0 Å². The van der Waals surface area contributed by atoms with Crippen LogP contribution in [0, 0.1) is 22.7 Å². The first-order chi connectivity index (χ1) is 10.9. The van der Waals surface area contributed by atoms with Gasteiger partial charge in [-0.2, -0.15) is 0 Å². The number of hydrogen-bond donors (Lipinski definition) is 1. The van der Waals surface area contributed by atoms with Crippen molar-refractivity contribution in [2.24, 2.45) is 22.7 Å². The molecule has 0 aromatic heterocycles. The molecule has 7 heteroatoms. The van der Waals surface area contributed by atoms with E-state index in [1.807, 2.05) is 0 Å². The fourth-order valence-electron chi connectivity index (χ4n) is 5.32. The molecule has 0 aromatic rings. The summed E-state index contributed by atoms with van der Waals surface area (Å²) in [5.41, 5.74) is -0.837. The van der Waals surface area contributed by atoms with Gasteiger partial charge in [0, 0.05) is 5.41 Å². The molecule has 0 aromatic carbocycles. The van der Waals surface area contributed by atoms with E-state index in [0.717, 1.165) is 32.1 Å². The molecule has 0 spiro atoms. The molecule has 0 radical (unpaired) electrons. The highest BCUT2D eigenvalue weighted by Crippen LogP contribution is 2.65. The minimum absolute atomic E-state index is 0.0364. The van der Waals surface area contributed by atoms with Gasteiger partial charge in [-0.05, 0) is 50.4 Å². The van der Waals surface area contributed by atoms with Gasteiger partial charge in [-0.15, -0.1) is 0 Å². The van der Waals surface area contributed by atoms with Crippen molar-refractivity contribution < 1.29 is 29.0 Å². The fourth-order valence-corrected chi connectivity index (χ4v) is 5.49. The van der Waals surface area contributed by atoms with Gasteiger partial charge >= 0.3 is 17.9 Å². The second-order valence-electron chi connectivity index (χ2n) is 7.50. The molecule has 6 nitrogen and oxygen atoms in total. The lowest BCUT2D eigenvalue weighted by atomic mass is 9.44. The first-order valence-corrected chi connectivity index (χ1v) is 9.09. The van der Waals surface area contributed by atoms with Crippen LogP contribution in [-0.4, -0.2) is 41.6 Å². The molecular formula is C16H21BrO6. The van der Waals surface area contributed by atoms with Crippen molar-refractivity contribution in [3.05, 3.63) is 0 Å². The van der Waals surface area contributed by atoms with E-state index in [1.165, 1.54) is 0 Å². The Morgan fingerprint density at radius 1 is 1.04 bits per heavy atom. The van der Waals surface area contributed by atoms with Crippen molar-refractivity contribution in [1.29, 1.82) is 0 Å². The number of halogens is 1. The van der Waals surface area contributed by atoms with Crippen molar-refractivity contribution in [3.63, 3.8) is 0 Å². The van der Waals surface area contributed by atoms with Crippen LogP contribution in [0.3, 0.4) is 0 Å². The zero-order valence-corrected chi connectivity index (χ0v) is 14.5. The molecule has 23 heavy (non-hydrogen) atoms. The van der Waals surface area contributed by atoms with Gasteiger partial charge in [0.05, 0.1) is 12.0 Å². The molecule has 128 valence electrons. The molecular weight excluding hydrogens is 368 g/mol. The van der Waals surface area contributed by atoms with Crippen LogP contribution in [0.4, 0.5) is 0 Å². The largest absolute Gasteiger partial charge is 0.481 e. The monoisotopic (exact) mass is 388 g/mol. The summed E-state index contributed by atoms with van der Waals surface area (Å²) in [4.78, 5) is 34.5. The van der Waals surface area contributed by atoms with E-state index in [1.54, 1.807) is 0 Å². The topological polar surface area (TPSA) is 89.9 Å². The van der Waals surface area contributed by atoms with Crippen LogP contribution >= 0.6 is 15.9 Å². The third-order valence-electron chi connectivity index (χ3n) is 5.64. The Bertz CT molecular complexity index is 517. The van der Waals surface area contributed by atoms with Crippen molar-refractivity contribution in [2.45, 2.75) is 38.5 Å². The molecule has 4 fully saturated rings. The average molecular weight is 389 g/mol. The van der Waals surface area contributed by atoms with Gasteiger partial charge in [0.1, 0.15) is 5.33 Å². The molecule has 4 bridgehead atoms. The lowest BCUT2D eigenvalue weighted by Gasteiger charge is -2.60. The minimum atomic E-state index is -0.700. The number of rotatable bonds is 6. The first-order valence-electron chi connectivity index (χ1n) is 7.97. The van der Waals surface area contributed by atoms with Gasteiger partial charge < -0.3 is 14.6 Å². The van der Waals surface area contributed by atoms with Crippen LogP contribution in [0.2, 0.25) is 0 Å². The average Bonchev–Trinajstić information content (AvgIpc) is 2.49. The molecule has 1 N–H and O–H groups in total. The number of carboxylic acids is 1. The minimum Gasteiger partial charge on any atom is -0.481 e. The second kappa shape index (κ2) is 6.07. The van der Waals surface area contributed by atoms with Crippen LogP contribution < -0.4 is 0 Å². The highest BCUT2D eigenvalue weighted by atomic mass is 79.9. The SMILES string of the molecule is O=C(CBr)OCC(=O)OCC12CC3CC(C1)CC(C(=O)O)(C3)C2. The predicted molar refractivity (Wildman–Crippen MR) is 82.9 cm³/mol. The lowest BCUT2D eigenvalue weighted by molar-refractivity contribution is -0.185. The number of carbonyl (C=O) groups is 3. The van der Waals surface area contributed by atoms with Crippen LogP contribution in [0.25, 0.3) is 0 Å². The van der Waals surface area contributed by atoms with Crippen LogP contribution in [0.15, 0.2) is 0 Å². The molecule has 4 aliphatic rings. The van der Waals surface area contributed by atoms with E-state index in [-0.39, 0.29) is 17.4 Å². The highest BCUT2D eigenvalue weighted by Gasteiger charge is 2.61. The quantitative estimate of drug-likeness (QED) is 0.553. The number of carboxylic acid groups (broad SMARTS) is 1. The van der Waals surface area contributed by atoms with Gasteiger partial charge in [0.25, 0.3) is 0 Å². The van der Waals surface area contributed by atoms with Gasteiger partial charge in [0.15, 0.2) is 6.61 Å². The normalized spacial score (nSPS) is 37.4. The zero-order chi connectivity index (χ0) is 16.7. The van der Waals surface area contributed by atoms with Crippen molar-refractivity contribution >= 4 is 33.8 Å². The number of ether oxygens (including phenoxy) is 2. The molecule has 4 aliphatic carbocycles. The Morgan fingerprint density at radius 3 is 2.26 bits per heavy atom. The van der Waals surface area contributed by atoms with E-state index >= 15 is 0 Å². The standard InChI is InChI=1S/C16H21BrO6/c17-6-12(18)22-7-13(19)23-9-15-2-10-1-11(3-15)5-16(4-10,8-15)14(20)21/h10-11H,1-9H2,(H,20,21). The number of esters is 2. The molecule has 0 aliphatic heterocycles.